The Hall–Kier alpha value is -3.48. The molecule has 2 aromatic rings. The van der Waals surface area contributed by atoms with Crippen molar-refractivity contribution in [3.63, 3.8) is 0 Å². The highest BCUT2D eigenvalue weighted by molar-refractivity contribution is 6.36. The SMILES string of the molecule is CCOc1ccc(C2=C(Nc3ccc4c(c3)OCCO4)C(=O)N(CC)C2=O)cc1. The van der Waals surface area contributed by atoms with Gasteiger partial charge in [0.05, 0.1) is 12.2 Å². The van der Waals surface area contributed by atoms with E-state index in [1.807, 2.05) is 6.92 Å². The summed E-state index contributed by atoms with van der Waals surface area (Å²) in [5, 5.41) is 3.12. The first kappa shape index (κ1) is 18.9. The van der Waals surface area contributed by atoms with Crippen LogP contribution in [0.15, 0.2) is 48.2 Å². The molecule has 2 aliphatic heterocycles. The summed E-state index contributed by atoms with van der Waals surface area (Å²) in [6.45, 7) is 5.51. The zero-order valence-electron chi connectivity index (χ0n) is 16.4. The molecule has 0 saturated heterocycles. The van der Waals surface area contributed by atoms with Gasteiger partial charge in [-0.3, -0.25) is 14.5 Å². The first-order valence-corrected chi connectivity index (χ1v) is 9.62. The molecule has 29 heavy (non-hydrogen) atoms. The number of nitrogens with one attached hydrogen (secondary N) is 1. The molecule has 1 N–H and O–H groups in total. The van der Waals surface area contributed by atoms with Gasteiger partial charge in [-0.25, -0.2) is 0 Å². The fourth-order valence-electron chi connectivity index (χ4n) is 3.40. The maximum atomic E-state index is 12.9. The van der Waals surface area contributed by atoms with Crippen LogP contribution < -0.4 is 19.5 Å². The number of benzene rings is 2. The van der Waals surface area contributed by atoms with Gasteiger partial charge in [0.1, 0.15) is 24.7 Å². The van der Waals surface area contributed by atoms with Gasteiger partial charge in [-0.15, -0.1) is 0 Å². The lowest BCUT2D eigenvalue weighted by Gasteiger charge is -2.19. The lowest BCUT2D eigenvalue weighted by atomic mass is 10.0. The summed E-state index contributed by atoms with van der Waals surface area (Å²) < 4.78 is 16.6. The van der Waals surface area contributed by atoms with Crippen LogP contribution in [0.2, 0.25) is 0 Å². The molecule has 0 aliphatic carbocycles. The fourth-order valence-corrected chi connectivity index (χ4v) is 3.40. The number of carbonyl (C=O) groups excluding carboxylic acids is 2. The highest BCUT2D eigenvalue weighted by Crippen LogP contribution is 2.35. The summed E-state index contributed by atoms with van der Waals surface area (Å²) in [6.07, 6.45) is 0. The molecule has 7 heteroatoms. The minimum atomic E-state index is -0.351. The van der Waals surface area contributed by atoms with Crippen LogP contribution in [0.1, 0.15) is 19.4 Å². The molecule has 2 heterocycles. The van der Waals surface area contributed by atoms with E-state index in [-0.39, 0.29) is 17.5 Å². The largest absolute Gasteiger partial charge is 0.494 e. The van der Waals surface area contributed by atoms with Gasteiger partial charge < -0.3 is 19.5 Å². The first-order valence-electron chi connectivity index (χ1n) is 9.62. The number of carbonyl (C=O) groups is 2. The summed E-state index contributed by atoms with van der Waals surface area (Å²) in [5.74, 6) is 1.31. The second kappa shape index (κ2) is 7.87. The van der Waals surface area contributed by atoms with Gasteiger partial charge >= 0.3 is 0 Å². The van der Waals surface area contributed by atoms with Crippen LogP contribution in [0.25, 0.3) is 5.57 Å². The van der Waals surface area contributed by atoms with Crippen molar-refractivity contribution in [3.05, 3.63) is 53.7 Å². The summed E-state index contributed by atoms with van der Waals surface area (Å²) in [7, 11) is 0. The van der Waals surface area contributed by atoms with Gasteiger partial charge in [-0.05, 0) is 43.7 Å². The third-order valence-corrected chi connectivity index (χ3v) is 4.75. The number of hydrogen-bond donors (Lipinski definition) is 1. The Balaban J connectivity index is 1.71. The van der Waals surface area contributed by atoms with Gasteiger partial charge in [0, 0.05) is 18.3 Å². The third-order valence-electron chi connectivity index (χ3n) is 4.75. The van der Waals surface area contributed by atoms with E-state index in [1.54, 1.807) is 49.4 Å². The van der Waals surface area contributed by atoms with Gasteiger partial charge in [-0.1, -0.05) is 12.1 Å². The molecule has 0 radical (unpaired) electrons. The Morgan fingerprint density at radius 3 is 2.38 bits per heavy atom. The van der Waals surface area contributed by atoms with E-state index in [4.69, 9.17) is 14.2 Å². The van der Waals surface area contributed by atoms with Crippen molar-refractivity contribution >= 4 is 23.1 Å². The van der Waals surface area contributed by atoms with Crippen molar-refractivity contribution < 1.29 is 23.8 Å². The molecule has 150 valence electrons. The van der Waals surface area contributed by atoms with Crippen LogP contribution in [0.3, 0.4) is 0 Å². The first-order chi connectivity index (χ1) is 14.1. The molecule has 0 aromatic heterocycles. The highest BCUT2D eigenvalue weighted by atomic mass is 16.6. The van der Waals surface area contributed by atoms with E-state index in [0.29, 0.717) is 60.4 Å². The number of nitrogens with zero attached hydrogens (tertiary/aromatic N) is 1. The van der Waals surface area contributed by atoms with E-state index in [9.17, 15) is 9.59 Å². The summed E-state index contributed by atoms with van der Waals surface area (Å²) in [5.41, 5.74) is 1.89. The van der Waals surface area contributed by atoms with Crippen molar-refractivity contribution in [2.45, 2.75) is 13.8 Å². The zero-order chi connectivity index (χ0) is 20.4. The lowest BCUT2D eigenvalue weighted by molar-refractivity contribution is -0.136. The van der Waals surface area contributed by atoms with Crippen molar-refractivity contribution in [2.24, 2.45) is 0 Å². The van der Waals surface area contributed by atoms with Crippen LogP contribution in [0.5, 0.6) is 17.2 Å². The smallest absolute Gasteiger partial charge is 0.278 e. The van der Waals surface area contributed by atoms with Crippen molar-refractivity contribution in [2.75, 3.05) is 31.7 Å². The molecule has 2 amide bonds. The molecular formula is C22H22N2O5. The van der Waals surface area contributed by atoms with Gasteiger partial charge in [0.2, 0.25) is 0 Å². The monoisotopic (exact) mass is 394 g/mol. The Kier molecular flexibility index (Phi) is 5.12. The molecule has 7 nitrogen and oxygen atoms in total. The number of amides is 2. The predicted molar refractivity (Wildman–Crippen MR) is 108 cm³/mol. The van der Waals surface area contributed by atoms with Gasteiger partial charge in [0.25, 0.3) is 11.8 Å². The number of fused-ring (bicyclic) bond motifs is 1. The van der Waals surface area contributed by atoms with Crippen molar-refractivity contribution in [1.29, 1.82) is 0 Å². The maximum absolute atomic E-state index is 12.9. The second-order valence-electron chi connectivity index (χ2n) is 6.55. The Bertz CT molecular complexity index is 981. The molecule has 0 atom stereocenters. The zero-order valence-corrected chi connectivity index (χ0v) is 16.4. The van der Waals surface area contributed by atoms with Crippen molar-refractivity contribution in [3.8, 4) is 17.2 Å². The number of hydrogen-bond acceptors (Lipinski definition) is 6. The van der Waals surface area contributed by atoms with Gasteiger partial charge in [0.15, 0.2) is 11.5 Å². The van der Waals surface area contributed by atoms with Crippen LogP contribution in [0, 0.1) is 0 Å². The maximum Gasteiger partial charge on any atom is 0.278 e. The topological polar surface area (TPSA) is 77.1 Å². The Morgan fingerprint density at radius 1 is 0.966 bits per heavy atom. The molecule has 4 rings (SSSR count). The summed E-state index contributed by atoms with van der Waals surface area (Å²) in [6, 6.07) is 12.5. The fraction of sp³-hybridized carbons (Fsp3) is 0.273. The average Bonchev–Trinajstić information content (AvgIpc) is 2.98. The number of rotatable bonds is 6. The predicted octanol–water partition coefficient (Wildman–Crippen LogP) is 3.07. The molecule has 2 aliphatic rings. The normalized spacial score (nSPS) is 15.7. The number of anilines is 1. The molecule has 0 fully saturated rings. The van der Waals surface area contributed by atoms with Gasteiger partial charge in [-0.2, -0.15) is 0 Å². The number of likely N-dealkylation sites (N-methyl/N-ethyl adjacent to an activating group) is 1. The van der Waals surface area contributed by atoms with E-state index >= 15 is 0 Å². The number of ether oxygens (including phenoxy) is 3. The Labute approximate surface area is 168 Å². The molecule has 2 aromatic carbocycles. The van der Waals surface area contributed by atoms with Crippen LogP contribution >= 0.6 is 0 Å². The molecule has 0 bridgehead atoms. The second-order valence-corrected chi connectivity index (χ2v) is 6.55. The third kappa shape index (κ3) is 3.51. The minimum absolute atomic E-state index is 0.248. The summed E-state index contributed by atoms with van der Waals surface area (Å²) >= 11 is 0. The molecule has 0 saturated carbocycles. The summed E-state index contributed by atoms with van der Waals surface area (Å²) in [4.78, 5) is 27.0. The van der Waals surface area contributed by atoms with Crippen LogP contribution in [0.4, 0.5) is 5.69 Å². The quantitative estimate of drug-likeness (QED) is 0.759. The van der Waals surface area contributed by atoms with Crippen LogP contribution in [-0.4, -0.2) is 43.1 Å². The molecule has 0 spiro atoms. The molecular weight excluding hydrogens is 372 g/mol. The number of imide groups is 1. The van der Waals surface area contributed by atoms with E-state index in [1.165, 1.54) is 4.90 Å². The standard InChI is InChI=1S/C22H22N2O5/c1-3-24-21(25)19(14-5-8-16(9-6-14)27-4-2)20(22(24)26)23-15-7-10-17-18(13-15)29-12-11-28-17/h5-10,13,23H,3-4,11-12H2,1-2H3. The van der Waals surface area contributed by atoms with E-state index in [2.05, 4.69) is 5.32 Å². The van der Waals surface area contributed by atoms with Crippen molar-refractivity contribution in [1.82, 2.24) is 4.90 Å². The molecule has 0 unspecified atom stereocenters. The average molecular weight is 394 g/mol. The Morgan fingerprint density at radius 2 is 1.69 bits per heavy atom. The van der Waals surface area contributed by atoms with Crippen LogP contribution in [-0.2, 0) is 9.59 Å². The highest BCUT2D eigenvalue weighted by Gasteiger charge is 2.38. The lowest BCUT2D eigenvalue weighted by Crippen LogP contribution is -2.32. The van der Waals surface area contributed by atoms with E-state index < -0.39 is 0 Å². The van der Waals surface area contributed by atoms with E-state index in [0.717, 1.165) is 0 Å². The minimum Gasteiger partial charge on any atom is -0.494 e.